The summed E-state index contributed by atoms with van der Waals surface area (Å²) in [5, 5.41) is 2.48. The summed E-state index contributed by atoms with van der Waals surface area (Å²) in [4.78, 5) is 15.1. The maximum Gasteiger partial charge on any atom is 0.164 e. The number of hydrogen-bond donors (Lipinski definition) is 0. The number of allylic oxidation sites excluding steroid dienone is 2. The topological polar surface area (TPSA) is 47.9 Å². The molecule has 1 spiro atoms. The van der Waals surface area contributed by atoms with Crippen LogP contribution in [-0.2, 0) is 5.41 Å². The average molecular weight is 616 g/mol. The van der Waals surface area contributed by atoms with Gasteiger partial charge >= 0.3 is 0 Å². The zero-order valence-electron chi connectivity index (χ0n) is 26.0. The normalized spacial score (nSPS) is 20.0. The molecule has 10 rings (SSSR count). The number of rotatable bonds is 3. The van der Waals surface area contributed by atoms with Gasteiger partial charge in [-0.2, -0.15) is 0 Å². The van der Waals surface area contributed by atoms with Gasteiger partial charge in [0.25, 0.3) is 0 Å². The van der Waals surface area contributed by atoms with Crippen LogP contribution in [0.1, 0.15) is 22.5 Å². The Morgan fingerprint density at radius 3 is 1.81 bits per heavy atom. The Balaban J connectivity index is 1.24. The van der Waals surface area contributed by atoms with Crippen molar-refractivity contribution in [2.75, 3.05) is 0 Å². The SMILES string of the molecule is C1=CC2Oc3ccccc3C3(c4ccccc4-c4cc5ccccc5cc43)C2C=C1c1nc(-c2ccccc2)nc(-c2ccccc2)n1. The number of aromatic nitrogens is 3. The van der Waals surface area contributed by atoms with Crippen LogP contribution < -0.4 is 4.74 Å². The summed E-state index contributed by atoms with van der Waals surface area (Å²) in [6.45, 7) is 0. The Morgan fingerprint density at radius 2 is 1.08 bits per heavy atom. The second-order valence-electron chi connectivity index (χ2n) is 12.7. The molecule has 2 heterocycles. The minimum absolute atomic E-state index is 0.0620. The maximum absolute atomic E-state index is 6.83. The molecule has 0 saturated heterocycles. The van der Waals surface area contributed by atoms with E-state index < -0.39 is 5.41 Å². The van der Waals surface area contributed by atoms with E-state index in [0.717, 1.165) is 22.4 Å². The van der Waals surface area contributed by atoms with Gasteiger partial charge in [-0.3, -0.25) is 0 Å². The molecule has 3 unspecified atom stereocenters. The molecule has 48 heavy (non-hydrogen) atoms. The van der Waals surface area contributed by atoms with E-state index in [9.17, 15) is 0 Å². The molecule has 0 bridgehead atoms. The molecule has 3 aliphatic rings. The number of hydrogen-bond acceptors (Lipinski definition) is 4. The first-order chi connectivity index (χ1) is 23.8. The highest BCUT2D eigenvalue weighted by Crippen LogP contribution is 2.62. The van der Waals surface area contributed by atoms with Crippen molar-refractivity contribution >= 4 is 16.3 Å². The Hall–Kier alpha value is -6.13. The summed E-state index contributed by atoms with van der Waals surface area (Å²) >= 11 is 0. The summed E-state index contributed by atoms with van der Waals surface area (Å²) in [6, 6.07) is 51.3. The monoisotopic (exact) mass is 615 g/mol. The molecule has 4 heteroatoms. The highest BCUT2D eigenvalue weighted by atomic mass is 16.5. The zero-order chi connectivity index (χ0) is 31.7. The van der Waals surface area contributed by atoms with Crippen LogP contribution in [0.25, 0.3) is 50.2 Å². The smallest absolute Gasteiger partial charge is 0.164 e. The molecule has 226 valence electrons. The molecule has 1 aliphatic heterocycles. The van der Waals surface area contributed by atoms with Crippen molar-refractivity contribution in [2.24, 2.45) is 5.92 Å². The third-order valence-electron chi connectivity index (χ3n) is 10.2. The van der Waals surface area contributed by atoms with Crippen molar-refractivity contribution in [2.45, 2.75) is 11.5 Å². The van der Waals surface area contributed by atoms with Crippen LogP contribution in [0, 0.1) is 5.92 Å². The van der Waals surface area contributed by atoms with E-state index in [0.29, 0.717) is 17.5 Å². The Labute approximate surface area is 278 Å². The molecule has 6 aromatic carbocycles. The first-order valence-corrected chi connectivity index (χ1v) is 16.4. The first kappa shape index (κ1) is 27.0. The molecule has 7 aromatic rings. The highest BCUT2D eigenvalue weighted by molar-refractivity contribution is 5.95. The van der Waals surface area contributed by atoms with Crippen LogP contribution in [-0.4, -0.2) is 21.1 Å². The van der Waals surface area contributed by atoms with Crippen molar-refractivity contribution in [1.82, 2.24) is 15.0 Å². The summed E-state index contributed by atoms with van der Waals surface area (Å²) < 4.78 is 6.83. The van der Waals surface area contributed by atoms with Crippen molar-refractivity contribution in [3.05, 3.63) is 186 Å². The second kappa shape index (κ2) is 10.4. The molecule has 0 N–H and O–H groups in total. The molecule has 3 atom stereocenters. The van der Waals surface area contributed by atoms with E-state index in [1.807, 2.05) is 60.7 Å². The largest absolute Gasteiger partial charge is 0.485 e. The van der Waals surface area contributed by atoms with Gasteiger partial charge in [-0.1, -0.05) is 140 Å². The Morgan fingerprint density at radius 1 is 0.500 bits per heavy atom. The van der Waals surface area contributed by atoms with Gasteiger partial charge in [0.1, 0.15) is 11.9 Å². The third-order valence-corrected chi connectivity index (χ3v) is 10.2. The van der Waals surface area contributed by atoms with Gasteiger partial charge in [-0.25, -0.2) is 15.0 Å². The fourth-order valence-electron chi connectivity index (χ4n) is 8.10. The fourth-order valence-corrected chi connectivity index (χ4v) is 8.10. The number of nitrogens with zero attached hydrogens (tertiary/aromatic N) is 3. The van der Waals surface area contributed by atoms with E-state index >= 15 is 0 Å². The molecule has 0 radical (unpaired) electrons. The van der Waals surface area contributed by atoms with Crippen molar-refractivity contribution in [3.63, 3.8) is 0 Å². The van der Waals surface area contributed by atoms with E-state index in [1.54, 1.807) is 0 Å². The standard InChI is InChI=1S/C44H29N3O/c1-3-13-28(14-4-1)41-45-42(29-15-5-2-6-16-29)47-43(46-41)32-23-24-40-38(27-32)44(36-21-11-12-22-39(36)48-40)35-20-10-9-19-33(35)34-25-30-17-7-8-18-31(30)26-37(34)44/h1-27,38,40H. The summed E-state index contributed by atoms with van der Waals surface area (Å²) in [5.74, 6) is 2.82. The van der Waals surface area contributed by atoms with Crippen LogP contribution in [0.2, 0.25) is 0 Å². The van der Waals surface area contributed by atoms with Gasteiger partial charge < -0.3 is 4.74 Å². The summed E-state index contributed by atoms with van der Waals surface area (Å²) in [7, 11) is 0. The number of benzene rings is 6. The first-order valence-electron chi connectivity index (χ1n) is 16.4. The van der Waals surface area contributed by atoms with Gasteiger partial charge in [-0.05, 0) is 57.3 Å². The van der Waals surface area contributed by atoms with Crippen molar-refractivity contribution in [1.29, 1.82) is 0 Å². The summed E-state index contributed by atoms with van der Waals surface area (Å²) in [5.41, 5.74) is 8.73. The Kier molecular flexibility index (Phi) is 5.88. The Bertz CT molecular complexity index is 2390. The predicted molar refractivity (Wildman–Crippen MR) is 191 cm³/mol. The van der Waals surface area contributed by atoms with E-state index in [-0.39, 0.29) is 12.0 Å². The predicted octanol–water partition coefficient (Wildman–Crippen LogP) is 9.70. The molecule has 2 aliphatic carbocycles. The third kappa shape index (κ3) is 3.93. The molecule has 4 nitrogen and oxygen atoms in total. The van der Waals surface area contributed by atoms with Crippen LogP contribution in [0.4, 0.5) is 0 Å². The zero-order valence-corrected chi connectivity index (χ0v) is 26.0. The lowest BCUT2D eigenvalue weighted by atomic mass is 9.59. The van der Waals surface area contributed by atoms with Crippen molar-refractivity contribution in [3.8, 4) is 39.7 Å². The molecular formula is C44H29N3O. The maximum atomic E-state index is 6.83. The van der Waals surface area contributed by atoms with Gasteiger partial charge in [0.15, 0.2) is 17.5 Å². The minimum Gasteiger partial charge on any atom is -0.485 e. The second-order valence-corrected chi connectivity index (χ2v) is 12.7. The molecular weight excluding hydrogens is 587 g/mol. The van der Waals surface area contributed by atoms with E-state index in [2.05, 4.69) is 103 Å². The van der Waals surface area contributed by atoms with E-state index in [1.165, 1.54) is 38.6 Å². The lowest BCUT2D eigenvalue weighted by Gasteiger charge is -2.47. The van der Waals surface area contributed by atoms with Gasteiger partial charge in [0, 0.05) is 28.2 Å². The highest BCUT2D eigenvalue weighted by Gasteiger charge is 2.56. The molecule has 0 saturated carbocycles. The number of para-hydroxylation sites is 1. The van der Waals surface area contributed by atoms with Crippen LogP contribution in [0.3, 0.4) is 0 Å². The van der Waals surface area contributed by atoms with E-state index in [4.69, 9.17) is 19.7 Å². The number of ether oxygens (including phenoxy) is 1. The van der Waals surface area contributed by atoms with Crippen molar-refractivity contribution < 1.29 is 4.74 Å². The molecule has 0 fully saturated rings. The molecule has 0 amide bonds. The lowest BCUT2D eigenvalue weighted by Crippen LogP contribution is -2.48. The van der Waals surface area contributed by atoms with Gasteiger partial charge in [0.05, 0.1) is 5.41 Å². The van der Waals surface area contributed by atoms with Gasteiger partial charge in [0.2, 0.25) is 0 Å². The molecule has 1 aromatic heterocycles. The summed E-state index contributed by atoms with van der Waals surface area (Å²) in [6.07, 6.45) is 6.51. The van der Waals surface area contributed by atoms with Gasteiger partial charge in [-0.15, -0.1) is 0 Å². The average Bonchev–Trinajstić information content (AvgIpc) is 3.44. The fraction of sp³-hybridized carbons (Fsp3) is 0.0682. The lowest BCUT2D eigenvalue weighted by molar-refractivity contribution is 0.142. The van der Waals surface area contributed by atoms with Crippen LogP contribution in [0.5, 0.6) is 5.75 Å². The minimum atomic E-state index is -0.483. The number of fused-ring (bicyclic) bond motifs is 10. The van der Waals surface area contributed by atoms with Crippen LogP contribution >= 0.6 is 0 Å². The quantitative estimate of drug-likeness (QED) is 0.199. The van der Waals surface area contributed by atoms with Crippen LogP contribution in [0.15, 0.2) is 164 Å².